The highest BCUT2D eigenvalue weighted by molar-refractivity contribution is 6.31. The number of benzene rings is 1. The molecule has 11 heteroatoms. The van der Waals surface area contributed by atoms with E-state index in [9.17, 15) is 14.4 Å². The van der Waals surface area contributed by atoms with Gasteiger partial charge in [0.1, 0.15) is 11.2 Å². The Balaban J connectivity index is 2.00. The van der Waals surface area contributed by atoms with E-state index in [4.69, 9.17) is 31.9 Å². The average Bonchev–Trinajstić information content (AvgIpc) is 3.21. The summed E-state index contributed by atoms with van der Waals surface area (Å²) in [7, 11) is 2.44. The number of aromatic nitrogens is 3. The van der Waals surface area contributed by atoms with Crippen molar-refractivity contribution < 1.29 is 19.1 Å². The Bertz CT molecular complexity index is 1300. The zero-order valence-corrected chi connectivity index (χ0v) is 19.7. The molecule has 0 saturated carbocycles. The lowest BCUT2D eigenvalue weighted by Gasteiger charge is -2.31. The second-order valence-corrected chi connectivity index (χ2v) is 8.61. The molecule has 0 unspecified atom stereocenters. The molecule has 0 spiro atoms. The second kappa shape index (κ2) is 9.86. The molecule has 0 radical (unpaired) electrons. The van der Waals surface area contributed by atoms with Gasteiger partial charge in [-0.25, -0.2) is 9.31 Å². The highest BCUT2D eigenvalue weighted by atomic mass is 35.5. The van der Waals surface area contributed by atoms with Crippen LogP contribution in [-0.2, 0) is 27.1 Å². The molecule has 1 aliphatic rings. The van der Waals surface area contributed by atoms with Crippen LogP contribution in [-0.4, -0.2) is 59.9 Å². The van der Waals surface area contributed by atoms with Gasteiger partial charge in [0, 0.05) is 36.1 Å². The average molecular weight is 488 g/mol. The maximum Gasteiger partial charge on any atom is 0.356 e. The summed E-state index contributed by atoms with van der Waals surface area (Å²) in [5, 5.41) is 5.29. The molecule has 34 heavy (non-hydrogen) atoms. The van der Waals surface area contributed by atoms with Crippen LogP contribution >= 0.6 is 11.6 Å². The molecule has 2 aromatic heterocycles. The Morgan fingerprint density at radius 1 is 1.26 bits per heavy atom. The van der Waals surface area contributed by atoms with Crippen molar-refractivity contribution in [2.45, 2.75) is 31.7 Å². The first-order chi connectivity index (χ1) is 16.3. The molecule has 0 aliphatic carbocycles. The predicted octanol–water partition coefficient (Wildman–Crippen LogP) is 1.70. The molecule has 1 fully saturated rings. The number of methoxy groups -OCH3 is 2. The fourth-order valence-corrected chi connectivity index (χ4v) is 4.52. The van der Waals surface area contributed by atoms with E-state index < -0.39 is 17.5 Å². The summed E-state index contributed by atoms with van der Waals surface area (Å²) in [4.78, 5) is 42.5. The third-order valence-electron chi connectivity index (χ3n) is 5.97. The van der Waals surface area contributed by atoms with Crippen LogP contribution in [0.1, 0.15) is 40.2 Å². The molecular formula is C23H26ClN5O5. The molecule has 1 aliphatic heterocycles. The Morgan fingerprint density at radius 3 is 2.71 bits per heavy atom. The number of anilines is 1. The third kappa shape index (κ3) is 4.51. The van der Waals surface area contributed by atoms with Crippen molar-refractivity contribution in [1.82, 2.24) is 14.6 Å². The summed E-state index contributed by atoms with van der Waals surface area (Å²) in [6.07, 6.45) is 1.80. The summed E-state index contributed by atoms with van der Waals surface area (Å²) >= 11 is 6.43. The smallest absolute Gasteiger partial charge is 0.356 e. The largest absolute Gasteiger partial charge is 0.469 e. The van der Waals surface area contributed by atoms with Crippen LogP contribution in [0.2, 0.25) is 5.02 Å². The lowest BCUT2D eigenvalue weighted by atomic mass is 10.0. The first-order valence-corrected chi connectivity index (χ1v) is 11.3. The third-order valence-corrected chi connectivity index (χ3v) is 6.34. The molecule has 3 aromatic rings. The maximum absolute atomic E-state index is 13.3. The molecule has 10 nitrogen and oxygen atoms in total. The summed E-state index contributed by atoms with van der Waals surface area (Å²) in [6, 6.07) is 7.32. The number of rotatable bonds is 6. The van der Waals surface area contributed by atoms with E-state index in [1.165, 1.54) is 18.7 Å². The van der Waals surface area contributed by atoms with Crippen molar-refractivity contribution >= 4 is 34.9 Å². The Hall–Kier alpha value is -3.37. The van der Waals surface area contributed by atoms with Crippen molar-refractivity contribution in [2.24, 2.45) is 5.73 Å². The normalized spacial score (nSPS) is 16.0. The van der Waals surface area contributed by atoms with E-state index in [-0.39, 0.29) is 29.4 Å². The molecule has 180 valence electrons. The number of piperidine rings is 1. The molecule has 1 atom stereocenters. The summed E-state index contributed by atoms with van der Waals surface area (Å²) in [6.45, 7) is 1.27. The zero-order valence-electron chi connectivity index (χ0n) is 19.0. The van der Waals surface area contributed by atoms with E-state index in [0.717, 1.165) is 18.4 Å². The van der Waals surface area contributed by atoms with Crippen molar-refractivity contribution in [3.63, 3.8) is 0 Å². The minimum atomic E-state index is -0.789. The van der Waals surface area contributed by atoms with Crippen molar-refractivity contribution in [3.8, 4) is 0 Å². The van der Waals surface area contributed by atoms with Crippen molar-refractivity contribution in [3.05, 3.63) is 62.2 Å². The van der Waals surface area contributed by atoms with Gasteiger partial charge in [-0.3, -0.25) is 9.59 Å². The minimum absolute atomic E-state index is 0.0369. The molecule has 3 heterocycles. The molecule has 1 aromatic carbocycles. The van der Waals surface area contributed by atoms with Crippen LogP contribution in [0.25, 0.3) is 5.52 Å². The number of halogens is 1. The SMILES string of the molecule is COC(=O)Cc1c(C(=O)OC)[nH]c(=O)c2c(Cc3ccccc3Cl)c(N3CCC[C@@H](N)C3)nn12. The van der Waals surface area contributed by atoms with Gasteiger partial charge in [0.15, 0.2) is 5.82 Å². The van der Waals surface area contributed by atoms with Gasteiger partial charge in [-0.05, 0) is 24.5 Å². The van der Waals surface area contributed by atoms with Gasteiger partial charge in [0.05, 0.1) is 26.3 Å². The van der Waals surface area contributed by atoms with Crippen LogP contribution in [0.5, 0.6) is 0 Å². The van der Waals surface area contributed by atoms with Gasteiger partial charge in [-0.15, -0.1) is 5.10 Å². The number of hydrogen-bond acceptors (Lipinski definition) is 8. The standard InChI is InChI=1S/C23H26ClN5O5/c1-33-18(30)11-17-19(23(32)34-2)26-22(31)20-15(10-13-6-3-4-8-16(13)24)21(27-29(17)20)28-9-5-7-14(25)12-28/h3-4,6,8,14H,5,7,9-12,25H2,1-2H3,(H,26,31)/t14-/m1/s1. The van der Waals surface area contributed by atoms with Gasteiger partial charge in [-0.1, -0.05) is 29.8 Å². The monoisotopic (exact) mass is 487 g/mol. The van der Waals surface area contributed by atoms with Crippen LogP contribution in [0.3, 0.4) is 0 Å². The van der Waals surface area contributed by atoms with Crippen LogP contribution in [0.15, 0.2) is 29.1 Å². The number of H-pyrrole nitrogens is 1. The molecule has 0 amide bonds. The molecule has 0 bridgehead atoms. The van der Waals surface area contributed by atoms with E-state index >= 15 is 0 Å². The minimum Gasteiger partial charge on any atom is -0.469 e. The Morgan fingerprint density at radius 2 is 2.03 bits per heavy atom. The van der Waals surface area contributed by atoms with Gasteiger partial charge in [0.25, 0.3) is 5.56 Å². The number of esters is 2. The topological polar surface area (TPSA) is 132 Å². The van der Waals surface area contributed by atoms with E-state index in [1.807, 2.05) is 23.1 Å². The fraction of sp³-hybridized carbons (Fsp3) is 0.391. The fourth-order valence-electron chi connectivity index (χ4n) is 4.31. The lowest BCUT2D eigenvalue weighted by Crippen LogP contribution is -2.43. The first-order valence-electron chi connectivity index (χ1n) is 10.9. The Labute approximate surface area is 200 Å². The van der Waals surface area contributed by atoms with Crippen molar-refractivity contribution in [2.75, 3.05) is 32.2 Å². The van der Waals surface area contributed by atoms with Crippen molar-refractivity contribution in [1.29, 1.82) is 0 Å². The quantitative estimate of drug-likeness (QED) is 0.502. The number of fused-ring (bicyclic) bond motifs is 1. The first kappa shape index (κ1) is 23.8. The summed E-state index contributed by atoms with van der Waals surface area (Å²) in [5.74, 6) is -0.820. The summed E-state index contributed by atoms with van der Waals surface area (Å²) in [5.41, 5.74) is 7.37. The van der Waals surface area contributed by atoms with E-state index in [0.29, 0.717) is 35.9 Å². The number of nitrogens with two attached hydrogens (primary N) is 1. The van der Waals surface area contributed by atoms with Crippen LogP contribution in [0.4, 0.5) is 5.82 Å². The molecule has 4 rings (SSSR count). The lowest BCUT2D eigenvalue weighted by molar-refractivity contribution is -0.139. The van der Waals surface area contributed by atoms with Gasteiger partial charge < -0.3 is 25.1 Å². The number of carbonyl (C=O) groups excluding carboxylic acids is 2. The number of hydrogen-bond donors (Lipinski definition) is 2. The molecule has 1 saturated heterocycles. The van der Waals surface area contributed by atoms with Gasteiger partial charge >= 0.3 is 11.9 Å². The molecule has 3 N–H and O–H groups in total. The van der Waals surface area contributed by atoms with Gasteiger partial charge in [0.2, 0.25) is 0 Å². The molecular weight excluding hydrogens is 462 g/mol. The number of ether oxygens (including phenoxy) is 2. The number of nitrogens with zero attached hydrogens (tertiary/aromatic N) is 3. The van der Waals surface area contributed by atoms with E-state index in [1.54, 1.807) is 6.07 Å². The maximum atomic E-state index is 13.3. The second-order valence-electron chi connectivity index (χ2n) is 8.20. The highest BCUT2D eigenvalue weighted by Crippen LogP contribution is 2.30. The van der Waals surface area contributed by atoms with Gasteiger partial charge in [-0.2, -0.15) is 0 Å². The number of aromatic amines is 1. The number of carbonyl (C=O) groups is 2. The van der Waals surface area contributed by atoms with Crippen LogP contribution < -0.4 is 16.2 Å². The number of nitrogens with one attached hydrogen (secondary N) is 1. The predicted molar refractivity (Wildman–Crippen MR) is 127 cm³/mol. The zero-order chi connectivity index (χ0) is 24.4. The summed E-state index contributed by atoms with van der Waals surface area (Å²) < 4.78 is 11.0. The Kier molecular flexibility index (Phi) is 6.90. The van der Waals surface area contributed by atoms with Crippen LogP contribution in [0, 0.1) is 0 Å². The highest BCUT2D eigenvalue weighted by Gasteiger charge is 2.29. The van der Waals surface area contributed by atoms with E-state index in [2.05, 4.69) is 4.98 Å².